The van der Waals surface area contributed by atoms with Gasteiger partial charge in [-0.05, 0) is 107 Å². The lowest BCUT2D eigenvalue weighted by molar-refractivity contribution is 0.437. The zero-order valence-electron chi connectivity index (χ0n) is 28.8. The van der Waals surface area contributed by atoms with Crippen LogP contribution in [-0.2, 0) is 0 Å². The molecular formula is C48H44N2. The number of fused-ring (bicyclic) bond motifs is 3. The zero-order valence-corrected chi connectivity index (χ0v) is 28.8. The van der Waals surface area contributed by atoms with Gasteiger partial charge in [0.25, 0.3) is 0 Å². The van der Waals surface area contributed by atoms with Gasteiger partial charge in [-0.1, -0.05) is 136 Å². The number of pyridine rings is 2. The zero-order chi connectivity index (χ0) is 33.3. The highest BCUT2D eigenvalue weighted by molar-refractivity contribution is 6.08. The molecule has 2 fully saturated rings. The third-order valence-corrected chi connectivity index (χ3v) is 11.4. The summed E-state index contributed by atoms with van der Waals surface area (Å²) in [6.07, 6.45) is 12.8. The molecule has 2 aliphatic carbocycles. The molecule has 0 unspecified atom stereocenters. The number of hydrogen-bond acceptors (Lipinski definition) is 2. The normalized spacial score (nSPS) is 15.8. The molecule has 5 aromatic carbocycles. The average molecular weight is 649 g/mol. The van der Waals surface area contributed by atoms with Crippen molar-refractivity contribution in [1.82, 2.24) is 9.97 Å². The maximum absolute atomic E-state index is 5.51. The van der Waals surface area contributed by atoms with Crippen molar-refractivity contribution in [2.45, 2.75) is 76.0 Å². The molecule has 0 amide bonds. The summed E-state index contributed by atoms with van der Waals surface area (Å²) in [5, 5.41) is 2.39. The highest BCUT2D eigenvalue weighted by Gasteiger charge is 2.22. The van der Waals surface area contributed by atoms with E-state index in [1.807, 2.05) is 0 Å². The minimum Gasteiger partial charge on any atom is -0.250 e. The molecule has 246 valence electrons. The molecule has 2 heterocycles. The molecule has 0 saturated heterocycles. The van der Waals surface area contributed by atoms with Crippen molar-refractivity contribution in [1.29, 1.82) is 0 Å². The summed E-state index contributed by atoms with van der Waals surface area (Å²) in [5.41, 5.74) is 14.5. The number of rotatable bonds is 6. The molecule has 0 spiro atoms. The maximum atomic E-state index is 5.51. The Balaban J connectivity index is 1.21. The predicted octanol–water partition coefficient (Wildman–Crippen LogP) is 13.5. The molecule has 2 aromatic heterocycles. The van der Waals surface area contributed by atoms with Crippen molar-refractivity contribution < 1.29 is 0 Å². The van der Waals surface area contributed by atoms with Crippen molar-refractivity contribution in [3.05, 3.63) is 145 Å². The van der Waals surface area contributed by atoms with Crippen LogP contribution in [0.15, 0.2) is 133 Å². The third kappa shape index (κ3) is 6.13. The molecule has 0 radical (unpaired) electrons. The first-order valence-corrected chi connectivity index (χ1v) is 18.9. The van der Waals surface area contributed by atoms with E-state index in [4.69, 9.17) is 9.97 Å². The van der Waals surface area contributed by atoms with Gasteiger partial charge in [-0.3, -0.25) is 9.97 Å². The van der Waals surface area contributed by atoms with Crippen molar-refractivity contribution in [3.63, 3.8) is 0 Å². The van der Waals surface area contributed by atoms with Gasteiger partial charge in [-0.15, -0.1) is 0 Å². The molecule has 7 aromatic rings. The molecule has 0 bridgehead atoms. The molecule has 9 rings (SSSR count). The van der Waals surface area contributed by atoms with E-state index in [-0.39, 0.29) is 0 Å². The lowest BCUT2D eigenvalue weighted by Crippen LogP contribution is -2.08. The van der Waals surface area contributed by atoms with E-state index in [0.717, 1.165) is 11.0 Å². The smallest absolute Gasteiger partial charge is 0.0974 e. The van der Waals surface area contributed by atoms with Gasteiger partial charge in [0.05, 0.1) is 11.0 Å². The second-order valence-corrected chi connectivity index (χ2v) is 14.6. The minimum absolute atomic E-state index is 0.503. The molecule has 0 aliphatic heterocycles. The monoisotopic (exact) mass is 648 g/mol. The molecule has 0 atom stereocenters. The van der Waals surface area contributed by atoms with Crippen molar-refractivity contribution in [3.8, 4) is 44.5 Å². The van der Waals surface area contributed by atoms with Crippen LogP contribution in [0.2, 0.25) is 0 Å². The Kier molecular flexibility index (Phi) is 8.46. The molecular weight excluding hydrogens is 605 g/mol. The summed E-state index contributed by atoms with van der Waals surface area (Å²) in [4.78, 5) is 10.9. The first-order valence-electron chi connectivity index (χ1n) is 18.9. The van der Waals surface area contributed by atoms with Crippen molar-refractivity contribution in [2.75, 3.05) is 0 Å². The molecule has 2 aliphatic rings. The number of benzene rings is 5. The van der Waals surface area contributed by atoms with Crippen LogP contribution in [-0.4, -0.2) is 9.97 Å². The van der Waals surface area contributed by atoms with Gasteiger partial charge >= 0.3 is 0 Å². The Morgan fingerprint density at radius 2 is 0.860 bits per heavy atom. The number of aromatic nitrogens is 2. The summed E-state index contributed by atoms with van der Waals surface area (Å²) >= 11 is 0. The Morgan fingerprint density at radius 3 is 1.50 bits per heavy atom. The van der Waals surface area contributed by atoms with Crippen LogP contribution >= 0.6 is 0 Å². The molecule has 2 heteroatoms. The third-order valence-electron chi connectivity index (χ3n) is 11.4. The Bertz CT molecular complexity index is 2220. The van der Waals surface area contributed by atoms with E-state index in [1.54, 1.807) is 0 Å². The van der Waals surface area contributed by atoms with Crippen molar-refractivity contribution >= 4 is 21.8 Å². The molecule has 0 N–H and O–H groups in total. The van der Waals surface area contributed by atoms with E-state index < -0.39 is 0 Å². The summed E-state index contributed by atoms with van der Waals surface area (Å²) in [5.74, 6) is 1.07. The first-order chi connectivity index (χ1) is 24.8. The van der Waals surface area contributed by atoms with Crippen LogP contribution in [0.4, 0.5) is 0 Å². The summed E-state index contributed by atoms with van der Waals surface area (Å²) in [6.45, 7) is 0. The van der Waals surface area contributed by atoms with Crippen LogP contribution in [0, 0.1) is 0 Å². The van der Waals surface area contributed by atoms with Crippen LogP contribution < -0.4 is 0 Å². The highest BCUT2D eigenvalue weighted by atomic mass is 14.8. The van der Waals surface area contributed by atoms with Gasteiger partial charge < -0.3 is 0 Å². The first kappa shape index (κ1) is 30.9. The molecule has 2 nitrogen and oxygen atoms in total. The van der Waals surface area contributed by atoms with Crippen molar-refractivity contribution in [2.24, 2.45) is 0 Å². The van der Waals surface area contributed by atoms with Gasteiger partial charge in [-0.2, -0.15) is 0 Å². The van der Waals surface area contributed by atoms with E-state index in [0.29, 0.717) is 11.8 Å². The number of nitrogens with zero attached hydrogens (tertiary/aromatic N) is 2. The highest BCUT2D eigenvalue weighted by Crippen LogP contribution is 2.41. The van der Waals surface area contributed by atoms with Crippen LogP contribution in [0.25, 0.3) is 66.3 Å². The summed E-state index contributed by atoms with van der Waals surface area (Å²) in [6, 6.07) is 49.3. The standard InChI is InChI=1S/C48H44N2/c1-5-14-33(15-6-1)40-29-41(34-16-7-2-8-17-34)31-42(30-40)38-22-13-23-39(28-38)44-32-46(36-20-11-4-12-21-36)50-48-43(44)26-24-37-25-27-45(49-47(37)48)35-18-9-3-10-19-35/h1-2,5-8,13-17,22-32,35-36H,3-4,9-12,18-21H2. The van der Waals surface area contributed by atoms with Crippen LogP contribution in [0.1, 0.15) is 87.4 Å². The van der Waals surface area contributed by atoms with Gasteiger partial charge in [0.1, 0.15) is 0 Å². The SMILES string of the molecule is c1ccc(-c2cc(-c3ccccc3)cc(-c3cccc(-c4cc(C5CCCCC5)nc5c4ccc4ccc(C6CCCCC6)nc45)c3)c2)cc1. The quantitative estimate of drug-likeness (QED) is 0.168. The Morgan fingerprint density at radius 1 is 0.360 bits per heavy atom. The molecule has 50 heavy (non-hydrogen) atoms. The van der Waals surface area contributed by atoms with Gasteiger partial charge in [-0.25, -0.2) is 0 Å². The fourth-order valence-electron chi connectivity index (χ4n) is 8.63. The topological polar surface area (TPSA) is 25.8 Å². The van der Waals surface area contributed by atoms with Crippen LogP contribution in [0.5, 0.6) is 0 Å². The van der Waals surface area contributed by atoms with Crippen LogP contribution in [0.3, 0.4) is 0 Å². The largest absolute Gasteiger partial charge is 0.250 e. The van der Waals surface area contributed by atoms with Gasteiger partial charge in [0.15, 0.2) is 0 Å². The Hall–Kier alpha value is -5.08. The van der Waals surface area contributed by atoms with Gasteiger partial charge in [0.2, 0.25) is 0 Å². The van der Waals surface area contributed by atoms with E-state index in [9.17, 15) is 0 Å². The predicted molar refractivity (Wildman–Crippen MR) is 210 cm³/mol. The lowest BCUT2D eigenvalue weighted by Gasteiger charge is -2.23. The van der Waals surface area contributed by atoms with Gasteiger partial charge in [0, 0.05) is 34.0 Å². The second-order valence-electron chi connectivity index (χ2n) is 14.6. The van der Waals surface area contributed by atoms with E-state index in [2.05, 4.69) is 133 Å². The average Bonchev–Trinajstić information content (AvgIpc) is 3.21. The summed E-state index contributed by atoms with van der Waals surface area (Å²) < 4.78 is 0. The molecule has 2 saturated carbocycles. The second kappa shape index (κ2) is 13.7. The fourth-order valence-corrected chi connectivity index (χ4v) is 8.63. The summed E-state index contributed by atoms with van der Waals surface area (Å²) in [7, 11) is 0. The Labute approximate surface area is 296 Å². The number of hydrogen-bond donors (Lipinski definition) is 0. The maximum Gasteiger partial charge on any atom is 0.0974 e. The fraction of sp³-hybridized carbons (Fsp3) is 0.250. The van der Waals surface area contributed by atoms with E-state index >= 15 is 0 Å². The van der Waals surface area contributed by atoms with E-state index in [1.165, 1.54) is 131 Å². The minimum atomic E-state index is 0.503. The lowest BCUT2D eigenvalue weighted by atomic mass is 9.85.